The first-order chi connectivity index (χ1) is 5.09. The molecule has 68 valence electrons. The summed E-state index contributed by atoms with van der Waals surface area (Å²) in [6, 6.07) is 0.608. The normalized spacial score (nSPS) is 12.0. The van der Waals surface area contributed by atoms with E-state index in [9.17, 15) is 0 Å². The number of hydrogen-bond acceptors (Lipinski definition) is 2. The summed E-state index contributed by atoms with van der Waals surface area (Å²) in [4.78, 5) is 0. The van der Waals surface area contributed by atoms with Gasteiger partial charge >= 0.3 is 0 Å². The minimum absolute atomic E-state index is 0.608. The molecule has 0 aromatic heterocycles. The van der Waals surface area contributed by atoms with Crippen LogP contribution in [0.2, 0.25) is 0 Å². The molecule has 0 aliphatic heterocycles. The summed E-state index contributed by atoms with van der Waals surface area (Å²) in [7, 11) is 4.29. The fraction of sp³-hybridized carbons (Fsp3) is 1.00. The molecule has 0 aliphatic rings. The molecule has 0 unspecified atom stereocenters. The van der Waals surface area contributed by atoms with Crippen molar-refractivity contribution in [2.45, 2.75) is 39.7 Å². The SMILES string of the molecule is CCCCN(C)N(C)C(C)C. The Morgan fingerprint density at radius 2 is 1.73 bits per heavy atom. The van der Waals surface area contributed by atoms with Crippen LogP contribution >= 0.6 is 0 Å². The third-order valence-electron chi connectivity index (χ3n) is 2.12. The van der Waals surface area contributed by atoms with E-state index in [0.29, 0.717) is 6.04 Å². The summed E-state index contributed by atoms with van der Waals surface area (Å²) in [5.41, 5.74) is 0. The van der Waals surface area contributed by atoms with Crippen LogP contribution in [0, 0.1) is 0 Å². The van der Waals surface area contributed by atoms with Gasteiger partial charge in [-0.2, -0.15) is 0 Å². The summed E-state index contributed by atoms with van der Waals surface area (Å²) in [6.45, 7) is 7.82. The average Bonchev–Trinajstić information content (AvgIpc) is 1.98. The van der Waals surface area contributed by atoms with Crippen LogP contribution in [0.4, 0.5) is 0 Å². The number of hydrogen-bond donors (Lipinski definition) is 0. The maximum Gasteiger partial charge on any atom is 0.0186 e. The Bertz CT molecular complexity index is 91.6. The zero-order valence-corrected chi connectivity index (χ0v) is 8.59. The van der Waals surface area contributed by atoms with Crippen LogP contribution in [0.1, 0.15) is 33.6 Å². The number of nitrogens with zero attached hydrogens (tertiary/aromatic N) is 2. The first kappa shape index (κ1) is 10.9. The van der Waals surface area contributed by atoms with Gasteiger partial charge in [-0.1, -0.05) is 13.3 Å². The highest BCUT2D eigenvalue weighted by atomic mass is 15.6. The van der Waals surface area contributed by atoms with E-state index >= 15 is 0 Å². The van der Waals surface area contributed by atoms with Crippen molar-refractivity contribution in [2.24, 2.45) is 0 Å². The van der Waals surface area contributed by atoms with Crippen molar-refractivity contribution in [3.8, 4) is 0 Å². The van der Waals surface area contributed by atoms with Gasteiger partial charge in [-0.3, -0.25) is 0 Å². The van der Waals surface area contributed by atoms with Gasteiger partial charge in [0.15, 0.2) is 0 Å². The first-order valence-electron chi connectivity index (χ1n) is 4.53. The molecule has 0 N–H and O–H groups in total. The molecule has 0 amide bonds. The predicted molar refractivity (Wildman–Crippen MR) is 50.4 cm³/mol. The molecule has 0 heterocycles. The summed E-state index contributed by atoms with van der Waals surface area (Å²) >= 11 is 0. The van der Waals surface area contributed by atoms with Crippen molar-refractivity contribution in [3.63, 3.8) is 0 Å². The van der Waals surface area contributed by atoms with Crippen LogP contribution < -0.4 is 0 Å². The van der Waals surface area contributed by atoms with Gasteiger partial charge in [-0.05, 0) is 20.3 Å². The second-order valence-electron chi connectivity index (χ2n) is 3.40. The fourth-order valence-corrected chi connectivity index (χ4v) is 0.939. The molecule has 0 saturated heterocycles. The lowest BCUT2D eigenvalue weighted by Gasteiger charge is -2.31. The van der Waals surface area contributed by atoms with Gasteiger partial charge in [0.1, 0.15) is 0 Å². The summed E-state index contributed by atoms with van der Waals surface area (Å²) in [6.07, 6.45) is 2.56. The second-order valence-corrected chi connectivity index (χ2v) is 3.40. The van der Waals surface area contributed by atoms with E-state index in [2.05, 4.69) is 44.9 Å². The highest BCUT2D eigenvalue weighted by Crippen LogP contribution is 1.99. The monoisotopic (exact) mass is 158 g/mol. The molecule has 0 aromatic carbocycles. The first-order valence-corrected chi connectivity index (χ1v) is 4.53. The summed E-state index contributed by atoms with van der Waals surface area (Å²) < 4.78 is 0. The number of unbranched alkanes of at least 4 members (excludes halogenated alkanes) is 1. The molecule has 0 radical (unpaired) electrons. The highest BCUT2D eigenvalue weighted by Gasteiger charge is 2.07. The predicted octanol–water partition coefficient (Wildman–Crippen LogP) is 1.97. The summed E-state index contributed by atoms with van der Waals surface area (Å²) in [5, 5.41) is 4.56. The zero-order chi connectivity index (χ0) is 8.85. The Labute approximate surface area is 71.1 Å². The molecule has 11 heavy (non-hydrogen) atoms. The molecule has 0 fully saturated rings. The third kappa shape index (κ3) is 4.38. The largest absolute Gasteiger partial charge is 0.245 e. The molecular weight excluding hydrogens is 136 g/mol. The van der Waals surface area contributed by atoms with Crippen LogP contribution in [-0.2, 0) is 0 Å². The van der Waals surface area contributed by atoms with E-state index in [1.54, 1.807) is 0 Å². The lowest BCUT2D eigenvalue weighted by molar-refractivity contribution is -0.00236. The zero-order valence-electron chi connectivity index (χ0n) is 8.59. The summed E-state index contributed by atoms with van der Waals surface area (Å²) in [5.74, 6) is 0. The molecule has 2 heteroatoms. The van der Waals surface area contributed by atoms with Crippen molar-refractivity contribution in [2.75, 3.05) is 20.6 Å². The van der Waals surface area contributed by atoms with Gasteiger partial charge in [0, 0.05) is 26.7 Å². The minimum Gasteiger partial charge on any atom is -0.245 e. The Morgan fingerprint density at radius 1 is 1.18 bits per heavy atom. The van der Waals surface area contributed by atoms with E-state index in [0.717, 1.165) is 0 Å². The van der Waals surface area contributed by atoms with E-state index in [1.165, 1.54) is 19.4 Å². The quantitative estimate of drug-likeness (QED) is 0.564. The number of hydrazine groups is 1. The molecule has 0 saturated carbocycles. The third-order valence-corrected chi connectivity index (χ3v) is 2.12. The molecule has 0 bridgehead atoms. The smallest absolute Gasteiger partial charge is 0.0186 e. The molecule has 0 spiro atoms. The lowest BCUT2D eigenvalue weighted by atomic mass is 10.3. The maximum absolute atomic E-state index is 2.29. The van der Waals surface area contributed by atoms with Gasteiger partial charge in [-0.25, -0.2) is 10.0 Å². The van der Waals surface area contributed by atoms with Crippen molar-refractivity contribution in [1.82, 2.24) is 10.0 Å². The van der Waals surface area contributed by atoms with Crippen LogP contribution in [0.15, 0.2) is 0 Å². The Hall–Kier alpha value is -0.0800. The molecule has 0 aliphatic carbocycles. The standard InChI is InChI=1S/C9H22N2/c1-6-7-8-10(4)11(5)9(2)3/h9H,6-8H2,1-5H3. The van der Waals surface area contributed by atoms with Gasteiger partial charge in [-0.15, -0.1) is 0 Å². The van der Waals surface area contributed by atoms with Crippen LogP contribution in [0.25, 0.3) is 0 Å². The van der Waals surface area contributed by atoms with Crippen LogP contribution in [-0.4, -0.2) is 36.7 Å². The van der Waals surface area contributed by atoms with E-state index < -0.39 is 0 Å². The minimum atomic E-state index is 0.608. The molecule has 0 rings (SSSR count). The van der Waals surface area contributed by atoms with E-state index in [4.69, 9.17) is 0 Å². The van der Waals surface area contributed by atoms with Crippen molar-refractivity contribution in [3.05, 3.63) is 0 Å². The van der Waals surface area contributed by atoms with Gasteiger partial charge < -0.3 is 0 Å². The highest BCUT2D eigenvalue weighted by molar-refractivity contribution is 4.53. The second kappa shape index (κ2) is 5.56. The van der Waals surface area contributed by atoms with Crippen molar-refractivity contribution < 1.29 is 0 Å². The van der Waals surface area contributed by atoms with Crippen LogP contribution in [0.5, 0.6) is 0 Å². The van der Waals surface area contributed by atoms with Crippen molar-refractivity contribution in [1.29, 1.82) is 0 Å². The van der Waals surface area contributed by atoms with Gasteiger partial charge in [0.2, 0.25) is 0 Å². The molecule has 0 aromatic rings. The maximum atomic E-state index is 2.29. The molecule has 2 nitrogen and oxygen atoms in total. The lowest BCUT2D eigenvalue weighted by Crippen LogP contribution is -2.41. The average molecular weight is 158 g/mol. The van der Waals surface area contributed by atoms with Gasteiger partial charge in [0.05, 0.1) is 0 Å². The topological polar surface area (TPSA) is 6.48 Å². The van der Waals surface area contributed by atoms with E-state index in [-0.39, 0.29) is 0 Å². The Kier molecular flexibility index (Phi) is 5.51. The van der Waals surface area contributed by atoms with Gasteiger partial charge in [0.25, 0.3) is 0 Å². The van der Waals surface area contributed by atoms with Crippen molar-refractivity contribution >= 4 is 0 Å². The van der Waals surface area contributed by atoms with E-state index in [1.807, 2.05) is 0 Å². The number of rotatable bonds is 5. The molecular formula is C9H22N2. The Balaban J connectivity index is 3.55. The molecule has 0 atom stereocenters. The van der Waals surface area contributed by atoms with Crippen LogP contribution in [0.3, 0.4) is 0 Å². The fourth-order valence-electron chi connectivity index (χ4n) is 0.939. The Morgan fingerprint density at radius 3 is 2.09 bits per heavy atom.